The van der Waals surface area contributed by atoms with Crippen molar-refractivity contribution in [3.05, 3.63) is 75.7 Å². The van der Waals surface area contributed by atoms with Crippen LogP contribution in [-0.2, 0) is 33.3 Å². The Morgan fingerprint density at radius 3 is 2.52 bits per heavy atom. The van der Waals surface area contributed by atoms with Crippen molar-refractivity contribution >= 4 is 45.2 Å². The predicted molar refractivity (Wildman–Crippen MR) is 237 cm³/mol. The number of aliphatic hydroxyl groups is 1. The van der Waals surface area contributed by atoms with Crippen LogP contribution in [0.25, 0.3) is 33.3 Å². The van der Waals surface area contributed by atoms with Gasteiger partial charge in [0, 0.05) is 80.9 Å². The van der Waals surface area contributed by atoms with Crippen LogP contribution in [0.15, 0.2) is 63.6 Å². The van der Waals surface area contributed by atoms with Gasteiger partial charge in [-0.3, -0.25) is 24.1 Å². The Bertz CT molecular complexity index is 2650. The lowest BCUT2D eigenvalue weighted by atomic mass is 9.86. The van der Waals surface area contributed by atoms with Crippen molar-refractivity contribution in [3.8, 4) is 28.7 Å². The number of carbonyl (C=O) groups excluding carboxylic acids is 3. The second-order valence-electron chi connectivity index (χ2n) is 17.4. The van der Waals surface area contributed by atoms with Gasteiger partial charge in [-0.1, -0.05) is 39.0 Å². The molecule has 6 heterocycles. The number of nitrogens with zero attached hydrogens (tertiary/aromatic N) is 2. The molecule has 7 aliphatic rings. The van der Waals surface area contributed by atoms with Gasteiger partial charge in [0.2, 0.25) is 5.43 Å². The van der Waals surface area contributed by atoms with E-state index in [1.165, 1.54) is 40.2 Å². The number of ether oxygens (including phenoxy) is 7. The molecular weight excluding hydrogens is 843 g/mol. The van der Waals surface area contributed by atoms with Crippen LogP contribution >= 0.6 is 0 Å². The Labute approximate surface area is 375 Å². The third-order valence-electron chi connectivity index (χ3n) is 13.0. The Kier molecular flexibility index (Phi) is 12.8. The lowest BCUT2D eigenvalue weighted by molar-refractivity contribution is -0.168. The van der Waals surface area contributed by atoms with Gasteiger partial charge in [-0.05, 0) is 32.1 Å². The monoisotopic (exact) mass is 897 g/mol. The van der Waals surface area contributed by atoms with E-state index in [-0.39, 0.29) is 67.8 Å². The summed E-state index contributed by atoms with van der Waals surface area (Å²) in [5.41, 5.74) is -0.408. The number of Topliss-reactive ketones (excluding diaryl/α,β-unsaturated/α-hetero) is 1. The van der Waals surface area contributed by atoms with Gasteiger partial charge >= 0.3 is 11.8 Å². The number of phenolic OH excluding ortho intramolecular Hbond substituents is 1. The maximum atomic E-state index is 14.8. The fourth-order valence-corrected chi connectivity index (χ4v) is 9.17. The zero-order valence-electron chi connectivity index (χ0n) is 37.7. The Hall–Kier alpha value is -5.85. The molecule has 2 fully saturated rings. The van der Waals surface area contributed by atoms with Crippen molar-refractivity contribution < 1.29 is 62.2 Å². The SMILES string of the molecule is CO[C@H]1/C=C/O[C@@]2(C)Oc3c(C)c(O)c4c(=O)c(c5oc6cc(OCCN7CCOCC7)ccc6nc-5c4c3C2=O)NC(=O)/C(C)=C\C=C\[C@H](C)[C@@H]2O[C@H]([C@H](O)[C@@H]2C)[C@H](OC(C)=O)[C@@H]1C. The number of rotatable bonds is 6. The summed E-state index contributed by atoms with van der Waals surface area (Å²) in [7, 11) is 1.46. The van der Waals surface area contributed by atoms with E-state index >= 15 is 0 Å². The van der Waals surface area contributed by atoms with Crippen molar-refractivity contribution in [2.24, 2.45) is 17.8 Å². The van der Waals surface area contributed by atoms with Crippen LogP contribution in [0.1, 0.15) is 57.5 Å². The zero-order valence-corrected chi connectivity index (χ0v) is 37.7. The number of amides is 1. The summed E-state index contributed by atoms with van der Waals surface area (Å²) in [4.78, 5) is 63.1. The molecule has 3 N–H and O–H groups in total. The number of ketones is 1. The lowest BCUT2D eigenvalue weighted by Gasteiger charge is -2.33. The summed E-state index contributed by atoms with van der Waals surface area (Å²) in [6.07, 6.45) is 3.61. The van der Waals surface area contributed by atoms with Gasteiger partial charge in [-0.25, -0.2) is 4.98 Å². The molecule has 6 aliphatic heterocycles. The molecule has 17 nitrogen and oxygen atoms in total. The highest BCUT2D eigenvalue weighted by Crippen LogP contribution is 2.50. The number of benzene rings is 3. The number of anilines is 1. The van der Waals surface area contributed by atoms with Crippen LogP contribution in [-0.4, -0.2) is 121 Å². The molecule has 1 amide bonds. The van der Waals surface area contributed by atoms with Crippen molar-refractivity contribution in [1.29, 1.82) is 0 Å². The smallest absolute Gasteiger partial charge is 0.312 e. The molecule has 2 aromatic carbocycles. The first-order chi connectivity index (χ1) is 31.0. The van der Waals surface area contributed by atoms with Crippen molar-refractivity contribution in [3.63, 3.8) is 0 Å². The molecule has 2 saturated heterocycles. The van der Waals surface area contributed by atoms with E-state index in [2.05, 4.69) is 10.2 Å². The minimum Gasteiger partial charge on any atom is -0.507 e. The standard InChI is InChI=1S/C48H55N3O14/c1-23-10-9-11-24(2)47(57)50-37-40(55)34-33(36-44(37)63-32-22-29(12-13-30(32)49-36)60-21-17-51-15-19-59-20-16-51)35-42(26(4)38(34)53)65-48(7,46(35)56)61-18-14-31(58-8)25(3)43(62-28(6)52)45-39(54)27(5)41(23)64-45/h9-14,18,22-23,25,27,31,39,41,43,45,53-54H,15-17,19-21H2,1-8H3,(H,50,57)/b10-9+,18-14+,24-11-/t23-,25+,27-,31-,39+,41-,43+,45+,48-/m0/s1. The molecule has 0 radical (unpaired) electrons. The van der Waals surface area contributed by atoms with Crippen molar-refractivity contribution in [2.75, 3.05) is 51.9 Å². The van der Waals surface area contributed by atoms with Gasteiger partial charge in [-0.15, -0.1) is 0 Å². The Balaban J connectivity index is 1.27. The molecule has 1 aliphatic carbocycles. The van der Waals surface area contributed by atoms with Crippen LogP contribution in [0.4, 0.5) is 5.69 Å². The number of morpholine rings is 1. The highest BCUT2D eigenvalue weighted by Gasteiger charge is 2.51. The normalized spacial score (nSPS) is 30.6. The number of aromatic nitrogens is 1. The van der Waals surface area contributed by atoms with Gasteiger partial charge < -0.3 is 53.1 Å². The van der Waals surface area contributed by atoms with Crippen LogP contribution in [0, 0.1) is 24.7 Å². The fraction of sp³-hybridized carbons (Fsp3) is 0.479. The van der Waals surface area contributed by atoms with E-state index < -0.39 is 71.1 Å². The number of fused-ring (bicyclic) bond motifs is 9. The minimum absolute atomic E-state index is 0.00318. The molecule has 0 unspecified atom stereocenters. The highest BCUT2D eigenvalue weighted by molar-refractivity contribution is 6.22. The van der Waals surface area contributed by atoms with Gasteiger partial charge in [0.25, 0.3) is 11.7 Å². The number of esters is 1. The second kappa shape index (κ2) is 18.2. The number of phenols is 1. The van der Waals surface area contributed by atoms with E-state index in [1.807, 2.05) is 19.9 Å². The number of aliphatic hydroxyl groups excluding tert-OH is 1. The number of nitrogens with one attached hydrogen (secondary N) is 1. The maximum absolute atomic E-state index is 14.8. The average Bonchev–Trinajstić information content (AvgIpc) is 3.73. The first-order valence-electron chi connectivity index (χ1n) is 21.8. The lowest BCUT2D eigenvalue weighted by Crippen LogP contribution is -2.46. The number of methoxy groups -OCH3 is 1. The average molecular weight is 898 g/mol. The molecule has 9 rings (SSSR count). The third-order valence-corrected chi connectivity index (χ3v) is 13.0. The van der Waals surface area contributed by atoms with E-state index in [9.17, 15) is 29.4 Å². The number of hydrogen-bond acceptors (Lipinski definition) is 16. The number of carbonyl (C=O) groups is 3. The summed E-state index contributed by atoms with van der Waals surface area (Å²) < 4.78 is 48.4. The summed E-state index contributed by atoms with van der Waals surface area (Å²) in [6, 6.07) is 5.04. The third kappa shape index (κ3) is 8.47. The van der Waals surface area contributed by atoms with Crippen LogP contribution in [0.5, 0.6) is 17.2 Å². The van der Waals surface area contributed by atoms with Gasteiger partial charge in [0.1, 0.15) is 53.0 Å². The van der Waals surface area contributed by atoms with E-state index in [4.69, 9.17) is 42.6 Å². The largest absolute Gasteiger partial charge is 0.507 e. The van der Waals surface area contributed by atoms with Crippen molar-refractivity contribution in [1.82, 2.24) is 9.88 Å². The van der Waals surface area contributed by atoms with E-state index in [0.29, 0.717) is 37.6 Å². The number of aromatic hydroxyl groups is 1. The molecule has 0 spiro atoms. The first-order valence-corrected chi connectivity index (χ1v) is 21.8. The summed E-state index contributed by atoms with van der Waals surface area (Å²) >= 11 is 0. The minimum atomic E-state index is -2.03. The predicted octanol–water partition coefficient (Wildman–Crippen LogP) is 5.43. The topological polar surface area (TPSA) is 215 Å². The summed E-state index contributed by atoms with van der Waals surface area (Å²) in [6.45, 7) is 15.3. The van der Waals surface area contributed by atoms with E-state index in [1.54, 1.807) is 44.2 Å². The number of allylic oxidation sites excluding steroid dienone is 2. The van der Waals surface area contributed by atoms with Gasteiger partial charge in [0.15, 0.2) is 11.3 Å². The maximum Gasteiger partial charge on any atom is 0.312 e. The molecule has 65 heavy (non-hydrogen) atoms. The van der Waals surface area contributed by atoms with E-state index in [0.717, 1.165) is 13.1 Å². The van der Waals surface area contributed by atoms with Crippen molar-refractivity contribution in [2.45, 2.75) is 84.8 Å². The molecule has 9 atom stereocenters. The molecule has 17 heteroatoms. The molecular formula is C48H55N3O14. The quantitative estimate of drug-likeness (QED) is 0.125. The Morgan fingerprint density at radius 1 is 1.05 bits per heavy atom. The van der Waals surface area contributed by atoms with Crippen LogP contribution in [0.3, 0.4) is 0 Å². The summed E-state index contributed by atoms with van der Waals surface area (Å²) in [5, 5.41) is 25.7. The van der Waals surface area contributed by atoms with Crippen LogP contribution < -0.4 is 20.2 Å². The van der Waals surface area contributed by atoms with Gasteiger partial charge in [-0.2, -0.15) is 0 Å². The number of hydrogen-bond donors (Lipinski definition) is 3. The molecule has 0 aromatic heterocycles. The Morgan fingerprint density at radius 2 is 1.80 bits per heavy atom. The molecule has 2 aromatic rings. The van der Waals surface area contributed by atoms with Gasteiger partial charge in [0.05, 0.1) is 48.7 Å². The fourth-order valence-electron chi connectivity index (χ4n) is 9.17. The summed E-state index contributed by atoms with van der Waals surface area (Å²) in [5.74, 6) is -5.47. The molecule has 0 saturated carbocycles. The molecule has 346 valence electrons. The second-order valence-corrected chi connectivity index (χ2v) is 17.4. The zero-order chi connectivity index (χ0) is 46.5. The highest BCUT2D eigenvalue weighted by atomic mass is 16.7. The first kappa shape index (κ1) is 45.7. The molecule has 7 bridgehead atoms. The van der Waals surface area contributed by atoms with Crippen LogP contribution in [0.2, 0.25) is 0 Å².